The zero-order valence-corrected chi connectivity index (χ0v) is 9.62. The maximum atomic E-state index is 11.6. The van der Waals surface area contributed by atoms with Gasteiger partial charge in [-0.05, 0) is 6.07 Å². The van der Waals surface area contributed by atoms with Crippen molar-refractivity contribution >= 4 is 17.6 Å². The Morgan fingerprint density at radius 2 is 2.18 bits per heavy atom. The predicted molar refractivity (Wildman–Crippen MR) is 62.4 cm³/mol. The van der Waals surface area contributed by atoms with Gasteiger partial charge in [-0.25, -0.2) is 4.79 Å². The summed E-state index contributed by atoms with van der Waals surface area (Å²) in [7, 11) is 0. The third-order valence-corrected chi connectivity index (χ3v) is 4.21. The Bertz CT molecular complexity index is 466. The van der Waals surface area contributed by atoms with Crippen LogP contribution >= 0.6 is 11.8 Å². The highest BCUT2D eigenvalue weighted by Gasteiger charge is 2.43. The van der Waals surface area contributed by atoms with E-state index in [-0.39, 0.29) is 12.4 Å². The first-order chi connectivity index (χ1) is 8.04. The SMILES string of the molecule is Nc1ccn([C@@H]2S[C@@H](CO)[C@@H](O)[C@H]2O)c(=O)n1. The highest BCUT2D eigenvalue weighted by molar-refractivity contribution is 8.00. The standard InChI is InChI=1S/C9H13N3O4S/c10-5-1-2-12(9(16)11-5)8-7(15)6(14)4(3-13)17-8/h1-2,4,6-8,13-15H,3H2,(H2,10,11,16)/t4-,6+,7+,8+/m0/s1. The Kier molecular flexibility index (Phi) is 3.38. The third kappa shape index (κ3) is 2.16. The molecule has 5 N–H and O–H groups in total. The molecule has 0 aromatic carbocycles. The topological polar surface area (TPSA) is 122 Å². The lowest BCUT2D eigenvalue weighted by atomic mass is 10.1. The molecular weight excluding hydrogens is 246 g/mol. The number of nitrogens with two attached hydrogens (primary N) is 1. The van der Waals surface area contributed by atoms with Gasteiger partial charge in [0.15, 0.2) is 0 Å². The normalized spacial score (nSPS) is 32.9. The van der Waals surface area contributed by atoms with Gasteiger partial charge in [-0.15, -0.1) is 11.8 Å². The lowest BCUT2D eigenvalue weighted by molar-refractivity contribution is 0.0101. The van der Waals surface area contributed by atoms with Gasteiger partial charge >= 0.3 is 5.69 Å². The van der Waals surface area contributed by atoms with Crippen molar-refractivity contribution < 1.29 is 15.3 Å². The second kappa shape index (κ2) is 4.65. The van der Waals surface area contributed by atoms with Crippen molar-refractivity contribution in [1.82, 2.24) is 9.55 Å². The minimum absolute atomic E-state index is 0.1000. The van der Waals surface area contributed by atoms with Crippen LogP contribution in [0.3, 0.4) is 0 Å². The molecule has 0 radical (unpaired) electrons. The van der Waals surface area contributed by atoms with E-state index in [0.29, 0.717) is 0 Å². The van der Waals surface area contributed by atoms with Gasteiger partial charge in [0.1, 0.15) is 17.3 Å². The number of hydrogen-bond donors (Lipinski definition) is 4. The van der Waals surface area contributed by atoms with Gasteiger partial charge in [0.2, 0.25) is 0 Å². The number of hydrogen-bond acceptors (Lipinski definition) is 7. The Morgan fingerprint density at radius 1 is 1.47 bits per heavy atom. The molecule has 1 aliphatic rings. The first kappa shape index (κ1) is 12.4. The van der Waals surface area contributed by atoms with Crippen molar-refractivity contribution in [3.63, 3.8) is 0 Å². The second-order valence-electron chi connectivity index (χ2n) is 3.77. The Morgan fingerprint density at radius 3 is 2.71 bits per heavy atom. The minimum Gasteiger partial charge on any atom is -0.395 e. The third-order valence-electron chi connectivity index (χ3n) is 2.64. The molecule has 2 rings (SSSR count). The van der Waals surface area contributed by atoms with E-state index in [1.807, 2.05) is 0 Å². The first-order valence-electron chi connectivity index (χ1n) is 5.01. The molecule has 0 aliphatic carbocycles. The molecule has 0 bridgehead atoms. The first-order valence-corrected chi connectivity index (χ1v) is 5.96. The van der Waals surface area contributed by atoms with Crippen LogP contribution in [0.4, 0.5) is 5.82 Å². The van der Waals surface area contributed by atoms with Crippen LogP contribution in [-0.2, 0) is 0 Å². The molecule has 8 heteroatoms. The predicted octanol–water partition coefficient (Wildman–Crippen LogP) is -1.85. The molecule has 1 aromatic rings. The van der Waals surface area contributed by atoms with Crippen LogP contribution in [-0.4, -0.2) is 48.9 Å². The number of aromatic nitrogens is 2. The Labute approximate surface area is 101 Å². The quantitative estimate of drug-likeness (QED) is 0.492. The maximum Gasteiger partial charge on any atom is 0.350 e. The van der Waals surface area contributed by atoms with Crippen molar-refractivity contribution in [3.8, 4) is 0 Å². The van der Waals surface area contributed by atoms with E-state index in [1.54, 1.807) is 0 Å². The number of nitrogen functional groups attached to an aromatic ring is 1. The van der Waals surface area contributed by atoms with E-state index in [4.69, 9.17) is 10.8 Å². The zero-order valence-electron chi connectivity index (χ0n) is 8.80. The van der Waals surface area contributed by atoms with E-state index >= 15 is 0 Å². The Hall–Kier alpha value is -1.09. The zero-order chi connectivity index (χ0) is 12.6. The van der Waals surface area contributed by atoms with Gasteiger partial charge < -0.3 is 21.1 Å². The van der Waals surface area contributed by atoms with Crippen LogP contribution in [0.2, 0.25) is 0 Å². The van der Waals surface area contributed by atoms with E-state index in [9.17, 15) is 15.0 Å². The van der Waals surface area contributed by atoms with Crippen molar-refractivity contribution in [2.75, 3.05) is 12.3 Å². The fourth-order valence-electron chi connectivity index (χ4n) is 1.73. The van der Waals surface area contributed by atoms with Crippen molar-refractivity contribution in [2.24, 2.45) is 0 Å². The monoisotopic (exact) mass is 259 g/mol. The summed E-state index contributed by atoms with van der Waals surface area (Å²) >= 11 is 1.13. The summed E-state index contributed by atoms with van der Waals surface area (Å²) in [6.45, 7) is -0.267. The van der Waals surface area contributed by atoms with Crippen LogP contribution in [0, 0.1) is 0 Å². The maximum absolute atomic E-state index is 11.6. The number of aliphatic hydroxyl groups excluding tert-OH is 3. The number of aliphatic hydroxyl groups is 3. The van der Waals surface area contributed by atoms with E-state index in [1.165, 1.54) is 16.8 Å². The molecule has 0 spiro atoms. The molecule has 4 atom stereocenters. The highest BCUT2D eigenvalue weighted by Crippen LogP contribution is 2.40. The molecule has 94 valence electrons. The van der Waals surface area contributed by atoms with Gasteiger partial charge in [0.25, 0.3) is 0 Å². The smallest absolute Gasteiger partial charge is 0.350 e. The highest BCUT2D eigenvalue weighted by atomic mass is 32.2. The summed E-state index contributed by atoms with van der Waals surface area (Å²) in [6, 6.07) is 1.44. The van der Waals surface area contributed by atoms with E-state index < -0.39 is 28.5 Å². The molecule has 17 heavy (non-hydrogen) atoms. The molecular formula is C9H13N3O4S. The van der Waals surface area contributed by atoms with Gasteiger partial charge in [0.05, 0.1) is 18.0 Å². The van der Waals surface area contributed by atoms with Crippen LogP contribution in [0.25, 0.3) is 0 Å². The molecule has 0 amide bonds. The molecule has 1 aromatic heterocycles. The van der Waals surface area contributed by atoms with Crippen molar-refractivity contribution in [2.45, 2.75) is 22.8 Å². The van der Waals surface area contributed by atoms with Crippen molar-refractivity contribution in [1.29, 1.82) is 0 Å². The van der Waals surface area contributed by atoms with Gasteiger partial charge in [0, 0.05) is 6.20 Å². The average Bonchev–Trinajstić information content (AvgIpc) is 2.57. The lowest BCUT2D eigenvalue weighted by Gasteiger charge is -2.17. The van der Waals surface area contributed by atoms with Crippen LogP contribution < -0.4 is 11.4 Å². The molecule has 1 saturated heterocycles. The Balaban J connectivity index is 2.32. The lowest BCUT2D eigenvalue weighted by Crippen LogP contribution is -2.36. The molecule has 0 unspecified atom stereocenters. The summed E-state index contributed by atoms with van der Waals surface area (Å²) < 4.78 is 1.20. The van der Waals surface area contributed by atoms with Crippen molar-refractivity contribution in [3.05, 3.63) is 22.7 Å². The molecule has 1 fully saturated rings. The van der Waals surface area contributed by atoms with E-state index in [0.717, 1.165) is 11.8 Å². The molecule has 0 saturated carbocycles. The van der Waals surface area contributed by atoms with E-state index in [2.05, 4.69) is 4.98 Å². The fraction of sp³-hybridized carbons (Fsp3) is 0.556. The van der Waals surface area contributed by atoms with Gasteiger partial charge in [-0.1, -0.05) is 0 Å². The van der Waals surface area contributed by atoms with Gasteiger partial charge in [-0.3, -0.25) is 4.57 Å². The minimum atomic E-state index is -1.12. The average molecular weight is 259 g/mol. The summed E-state index contributed by atoms with van der Waals surface area (Å²) in [6.07, 6.45) is -0.780. The molecule has 2 heterocycles. The summed E-state index contributed by atoms with van der Waals surface area (Å²) in [5, 5.41) is 27.3. The largest absolute Gasteiger partial charge is 0.395 e. The fourth-order valence-corrected chi connectivity index (χ4v) is 3.11. The summed E-state index contributed by atoms with van der Waals surface area (Å²) in [5.41, 5.74) is 4.77. The summed E-state index contributed by atoms with van der Waals surface area (Å²) in [5.74, 6) is 0.1000. The summed E-state index contributed by atoms with van der Waals surface area (Å²) in [4.78, 5) is 15.1. The van der Waals surface area contributed by atoms with Crippen LogP contribution in [0.15, 0.2) is 17.1 Å². The number of thioether (sulfide) groups is 1. The number of anilines is 1. The molecule has 7 nitrogen and oxygen atoms in total. The van der Waals surface area contributed by atoms with Gasteiger partial charge in [-0.2, -0.15) is 4.98 Å². The second-order valence-corrected chi connectivity index (χ2v) is 5.13. The molecule has 1 aliphatic heterocycles. The number of rotatable bonds is 2. The van der Waals surface area contributed by atoms with Crippen LogP contribution in [0.5, 0.6) is 0 Å². The van der Waals surface area contributed by atoms with Crippen LogP contribution in [0.1, 0.15) is 5.37 Å². The number of nitrogens with zero attached hydrogens (tertiary/aromatic N) is 2.